The first-order valence-corrected chi connectivity index (χ1v) is 4.09. The molecule has 0 aliphatic rings. The van der Waals surface area contributed by atoms with Gasteiger partial charge in [0.2, 0.25) is 0 Å². The Morgan fingerprint density at radius 2 is 2.15 bits per heavy atom. The molecule has 1 aromatic heterocycles. The van der Waals surface area contributed by atoms with Gasteiger partial charge in [0.25, 0.3) is 0 Å². The zero-order valence-electron chi connectivity index (χ0n) is 7.07. The first-order valence-electron chi connectivity index (χ1n) is 4.09. The van der Waals surface area contributed by atoms with E-state index < -0.39 is 0 Å². The molecule has 1 radical (unpaired) electrons. The van der Waals surface area contributed by atoms with Crippen LogP contribution in [0.1, 0.15) is 0 Å². The van der Waals surface area contributed by atoms with Crippen molar-refractivity contribution in [1.29, 1.82) is 0 Å². The molecule has 1 heterocycles. The number of rotatable bonds is 2. The number of hydrogen-bond donors (Lipinski definition) is 1. The Kier molecular flexibility index (Phi) is 2.23. The van der Waals surface area contributed by atoms with Gasteiger partial charge in [0.15, 0.2) is 0 Å². The number of nitrogens with one attached hydrogen (secondary N) is 1. The molecular formula is C11H9N2. The highest BCUT2D eigenvalue weighted by Gasteiger charge is 1.91. The van der Waals surface area contributed by atoms with Crippen LogP contribution in [0.5, 0.6) is 0 Å². The second-order valence-electron chi connectivity index (χ2n) is 2.63. The average Bonchev–Trinajstić information content (AvgIpc) is 2.21. The fourth-order valence-electron chi connectivity index (χ4n) is 1.06. The van der Waals surface area contributed by atoms with Crippen LogP contribution in [0.4, 0.5) is 11.5 Å². The Morgan fingerprint density at radius 3 is 2.85 bits per heavy atom. The molecule has 0 amide bonds. The lowest BCUT2D eigenvalue weighted by molar-refractivity contribution is 1.31. The van der Waals surface area contributed by atoms with Gasteiger partial charge in [-0.3, -0.25) is 0 Å². The molecule has 63 valence electrons. The fraction of sp³-hybridized carbons (Fsp3) is 0. The van der Waals surface area contributed by atoms with E-state index in [1.807, 2.05) is 42.5 Å². The normalized spacial score (nSPS) is 9.54. The van der Waals surface area contributed by atoms with Gasteiger partial charge in [-0.2, -0.15) is 0 Å². The molecule has 2 nitrogen and oxygen atoms in total. The molecule has 0 spiro atoms. The maximum atomic E-state index is 4.15. The van der Waals surface area contributed by atoms with Crippen molar-refractivity contribution in [1.82, 2.24) is 4.98 Å². The number of benzene rings is 1. The lowest BCUT2D eigenvalue weighted by Crippen LogP contribution is -1.91. The first-order chi connectivity index (χ1) is 6.45. The van der Waals surface area contributed by atoms with Gasteiger partial charge >= 0.3 is 0 Å². The molecule has 2 aromatic rings. The summed E-state index contributed by atoms with van der Waals surface area (Å²) in [5.41, 5.74) is 1.00. The van der Waals surface area contributed by atoms with Crippen molar-refractivity contribution >= 4 is 11.5 Å². The maximum Gasteiger partial charge on any atom is 0.130 e. The van der Waals surface area contributed by atoms with Crippen molar-refractivity contribution in [2.24, 2.45) is 0 Å². The molecule has 13 heavy (non-hydrogen) atoms. The minimum atomic E-state index is 0.849. The molecule has 0 aliphatic carbocycles. The van der Waals surface area contributed by atoms with Gasteiger partial charge in [-0.1, -0.05) is 18.2 Å². The number of pyridine rings is 1. The summed E-state index contributed by atoms with van der Waals surface area (Å²) in [4.78, 5) is 4.15. The van der Waals surface area contributed by atoms with Gasteiger partial charge in [-0.25, -0.2) is 4.98 Å². The summed E-state index contributed by atoms with van der Waals surface area (Å²) in [5, 5.41) is 3.16. The number of anilines is 2. The van der Waals surface area contributed by atoms with Crippen LogP contribution in [0.3, 0.4) is 0 Å². The zero-order chi connectivity index (χ0) is 8.93. The van der Waals surface area contributed by atoms with Crippen molar-refractivity contribution in [2.75, 3.05) is 5.32 Å². The average molecular weight is 169 g/mol. The maximum absolute atomic E-state index is 4.15. The van der Waals surface area contributed by atoms with Crippen LogP contribution in [-0.2, 0) is 0 Å². The Labute approximate surface area is 77.3 Å². The van der Waals surface area contributed by atoms with Gasteiger partial charge in [-0.15, -0.1) is 0 Å². The minimum Gasteiger partial charge on any atom is -0.340 e. The third-order valence-corrected chi connectivity index (χ3v) is 1.64. The van der Waals surface area contributed by atoms with E-state index >= 15 is 0 Å². The minimum absolute atomic E-state index is 0.849. The molecule has 0 unspecified atom stereocenters. The van der Waals surface area contributed by atoms with E-state index in [2.05, 4.69) is 16.4 Å². The van der Waals surface area contributed by atoms with Crippen LogP contribution in [-0.4, -0.2) is 4.98 Å². The molecule has 0 atom stereocenters. The van der Waals surface area contributed by atoms with Crippen LogP contribution >= 0.6 is 0 Å². The monoisotopic (exact) mass is 169 g/mol. The van der Waals surface area contributed by atoms with Crippen molar-refractivity contribution < 1.29 is 0 Å². The van der Waals surface area contributed by atoms with Crippen LogP contribution in [0.15, 0.2) is 48.7 Å². The molecule has 1 aromatic carbocycles. The predicted octanol–water partition coefficient (Wildman–Crippen LogP) is 2.63. The molecule has 2 heteroatoms. The van der Waals surface area contributed by atoms with Gasteiger partial charge in [0, 0.05) is 11.9 Å². The summed E-state index contributed by atoms with van der Waals surface area (Å²) < 4.78 is 0. The quantitative estimate of drug-likeness (QED) is 0.747. The Bertz CT molecular complexity index is 319. The Hall–Kier alpha value is -1.83. The Morgan fingerprint density at radius 1 is 1.15 bits per heavy atom. The summed E-state index contributed by atoms with van der Waals surface area (Å²) in [7, 11) is 0. The van der Waals surface area contributed by atoms with E-state index in [0.29, 0.717) is 0 Å². The molecule has 2 rings (SSSR count). The van der Waals surface area contributed by atoms with Crippen LogP contribution in [0.2, 0.25) is 0 Å². The predicted molar refractivity (Wildman–Crippen MR) is 52.8 cm³/mol. The van der Waals surface area contributed by atoms with Crippen molar-refractivity contribution in [3.63, 3.8) is 0 Å². The van der Waals surface area contributed by atoms with Gasteiger partial charge in [-0.05, 0) is 30.3 Å². The van der Waals surface area contributed by atoms with Crippen molar-refractivity contribution in [3.8, 4) is 0 Å². The van der Waals surface area contributed by atoms with Crippen molar-refractivity contribution in [2.45, 2.75) is 0 Å². The smallest absolute Gasteiger partial charge is 0.130 e. The third kappa shape index (κ3) is 2.06. The van der Waals surface area contributed by atoms with E-state index in [1.54, 1.807) is 6.20 Å². The molecule has 1 N–H and O–H groups in total. The van der Waals surface area contributed by atoms with Crippen molar-refractivity contribution in [3.05, 3.63) is 54.7 Å². The van der Waals surface area contributed by atoms with E-state index in [0.717, 1.165) is 11.5 Å². The highest BCUT2D eigenvalue weighted by atomic mass is 15.0. The molecular weight excluding hydrogens is 160 g/mol. The number of nitrogens with zero attached hydrogens (tertiary/aromatic N) is 1. The summed E-state index contributed by atoms with van der Waals surface area (Å²) in [6.45, 7) is 0. The highest BCUT2D eigenvalue weighted by molar-refractivity contribution is 5.54. The van der Waals surface area contributed by atoms with Crippen LogP contribution < -0.4 is 5.32 Å². The molecule has 0 fully saturated rings. The summed E-state index contributed by atoms with van der Waals surface area (Å²) in [5.74, 6) is 0.849. The summed E-state index contributed by atoms with van der Waals surface area (Å²) >= 11 is 0. The SMILES string of the molecule is [c]1cccc(Nc2ccccn2)c1. The second-order valence-corrected chi connectivity index (χ2v) is 2.63. The van der Waals surface area contributed by atoms with Gasteiger partial charge in [0.1, 0.15) is 5.82 Å². The highest BCUT2D eigenvalue weighted by Crippen LogP contribution is 2.11. The molecule has 0 saturated carbocycles. The standard InChI is InChI=1S/C11H9N2/c1-2-6-10(7-3-1)13-11-8-4-5-9-12-11/h1-2,4-9H,(H,12,13). The fourth-order valence-corrected chi connectivity index (χ4v) is 1.06. The first kappa shape index (κ1) is 7.80. The summed E-state index contributed by atoms with van der Waals surface area (Å²) in [6.07, 6.45) is 1.76. The number of hydrogen-bond acceptors (Lipinski definition) is 2. The van der Waals surface area contributed by atoms with E-state index in [-0.39, 0.29) is 0 Å². The van der Waals surface area contributed by atoms with Gasteiger partial charge < -0.3 is 5.32 Å². The zero-order valence-corrected chi connectivity index (χ0v) is 7.07. The second kappa shape index (κ2) is 3.72. The molecule has 0 saturated heterocycles. The molecule has 0 aliphatic heterocycles. The van der Waals surface area contributed by atoms with E-state index in [9.17, 15) is 0 Å². The third-order valence-electron chi connectivity index (χ3n) is 1.64. The van der Waals surface area contributed by atoms with Gasteiger partial charge in [0.05, 0.1) is 0 Å². The van der Waals surface area contributed by atoms with Crippen LogP contribution in [0.25, 0.3) is 0 Å². The van der Waals surface area contributed by atoms with Crippen LogP contribution in [0, 0.1) is 6.07 Å². The molecule has 0 bridgehead atoms. The largest absolute Gasteiger partial charge is 0.340 e. The Balaban J connectivity index is 2.16. The lowest BCUT2D eigenvalue weighted by Gasteiger charge is -2.03. The topological polar surface area (TPSA) is 24.9 Å². The van der Waals surface area contributed by atoms with E-state index in [4.69, 9.17) is 0 Å². The lowest BCUT2D eigenvalue weighted by atomic mass is 10.3. The van der Waals surface area contributed by atoms with E-state index in [1.165, 1.54) is 0 Å². The number of aromatic nitrogens is 1. The summed E-state index contributed by atoms with van der Waals surface area (Å²) in [6, 6.07) is 16.4.